The molecule has 0 saturated heterocycles. The van der Waals surface area contributed by atoms with E-state index in [-0.39, 0.29) is 16.9 Å². The number of carbonyl (C=O) groups is 6. The third-order valence-corrected chi connectivity index (χ3v) is 9.51. The Morgan fingerprint density at radius 1 is 1.00 bits per heavy atom. The summed E-state index contributed by atoms with van der Waals surface area (Å²) in [6.07, 6.45) is -2.33. The topological polar surface area (TPSA) is 274 Å². The number of aliphatic hydroxyl groups excluding tert-OH is 1. The predicted octanol–water partition coefficient (Wildman–Crippen LogP) is -1.89. The van der Waals surface area contributed by atoms with Gasteiger partial charge in [-0.05, 0) is 32.1 Å². The first-order valence-corrected chi connectivity index (χ1v) is 13.5. The molecule has 1 amide bonds. The summed E-state index contributed by atoms with van der Waals surface area (Å²) in [6.45, 7) is 1.38. The molecule has 3 aliphatic rings. The lowest BCUT2D eigenvalue weighted by atomic mass is 9.41. The molecular formula is C30H30N6O8. The number of amides is 1. The first-order chi connectivity index (χ1) is 20.5. The van der Waals surface area contributed by atoms with Crippen molar-refractivity contribution in [1.29, 1.82) is 5.26 Å². The van der Waals surface area contributed by atoms with Crippen LogP contribution in [-0.4, -0.2) is 87.3 Å². The van der Waals surface area contributed by atoms with Crippen molar-refractivity contribution >= 4 is 34.8 Å². The largest absolute Gasteiger partial charge is 0.507 e. The van der Waals surface area contributed by atoms with Gasteiger partial charge in [-0.3, -0.25) is 33.7 Å². The molecule has 0 bridgehead atoms. The van der Waals surface area contributed by atoms with Crippen molar-refractivity contribution in [3.63, 3.8) is 0 Å². The molecule has 2 aromatic rings. The highest BCUT2D eigenvalue weighted by molar-refractivity contribution is 6.33. The second-order valence-electron chi connectivity index (χ2n) is 11.9. The van der Waals surface area contributed by atoms with Crippen LogP contribution in [0.4, 0.5) is 0 Å². The molecule has 10 N–H and O–H groups in total. The van der Waals surface area contributed by atoms with E-state index in [2.05, 4.69) is 0 Å². The van der Waals surface area contributed by atoms with Crippen LogP contribution in [0.25, 0.3) is 11.1 Å². The van der Waals surface area contributed by atoms with Gasteiger partial charge in [-0.25, -0.2) is 0 Å². The van der Waals surface area contributed by atoms with Gasteiger partial charge in [0.05, 0.1) is 40.9 Å². The number of fused-ring (bicyclic) bond motifs is 3. The summed E-state index contributed by atoms with van der Waals surface area (Å²) < 4.78 is 0. The van der Waals surface area contributed by atoms with Gasteiger partial charge in [0.1, 0.15) is 11.7 Å². The number of nitrogens with two attached hydrogens (primary N) is 4. The monoisotopic (exact) mass is 602 g/mol. The number of likely N-dealkylation sites (N-methyl/N-ethyl adjacent to an activating group) is 1. The zero-order valence-electron chi connectivity index (χ0n) is 23.9. The van der Waals surface area contributed by atoms with E-state index in [9.17, 15) is 44.2 Å². The third kappa shape index (κ3) is 3.41. The lowest BCUT2D eigenvalue weighted by molar-refractivity contribution is -0.181. The van der Waals surface area contributed by atoms with Gasteiger partial charge >= 0.3 is 0 Å². The number of nitriles is 1. The number of phenolic OH excluding ortho intramolecular Hbond substituents is 1. The van der Waals surface area contributed by atoms with Gasteiger partial charge < -0.3 is 33.1 Å². The van der Waals surface area contributed by atoms with E-state index in [0.717, 1.165) is 4.90 Å². The second-order valence-corrected chi connectivity index (χ2v) is 11.9. The summed E-state index contributed by atoms with van der Waals surface area (Å²) >= 11 is 0. The summed E-state index contributed by atoms with van der Waals surface area (Å²) in [5.41, 5.74) is 17.3. The summed E-state index contributed by atoms with van der Waals surface area (Å²) in [5, 5.41) is 33.8. The SMILES string of the molecule is CC(=O)c1ccc(-c2ccc3c(c2O)C(=O)C2C(=O)[C@]4(C#N)C(=O)C(C(N)=O)C(=O)[C@@H](N(C)C)[C@]4(N)[C@@H](O)[C@]2(N)[C@H]3N)cc1. The van der Waals surface area contributed by atoms with Crippen LogP contribution in [0, 0.1) is 28.6 Å². The van der Waals surface area contributed by atoms with Gasteiger partial charge in [0.2, 0.25) is 5.91 Å². The van der Waals surface area contributed by atoms with Crippen LogP contribution in [0.1, 0.15) is 39.2 Å². The summed E-state index contributed by atoms with van der Waals surface area (Å²) in [5.74, 6) is -12.2. The van der Waals surface area contributed by atoms with E-state index in [1.807, 2.05) is 0 Å². The molecule has 2 saturated carbocycles. The minimum absolute atomic E-state index is 0.0693. The standard InChI is InChI=1S/C30H30N6O8/c1-11(37)12-4-6-13(7-5-12)14-8-9-15-16(19(14)38)20(39)18-25(42)28(10-31)24(41)17(26(33)43)21(40)23(36(2)3)30(28,35)27(44)29(18,34)22(15)32/h4-9,17-18,22-23,27,38,44H,32,34-35H2,1-3H3,(H2,33,43)/t17?,18?,22-,23+,27-,28-,29+,30-/m0/s1. The van der Waals surface area contributed by atoms with Crippen molar-refractivity contribution in [3.8, 4) is 22.9 Å². The molecular weight excluding hydrogens is 572 g/mol. The first kappa shape index (κ1) is 30.8. The highest BCUT2D eigenvalue weighted by Gasteiger charge is 2.83. The van der Waals surface area contributed by atoms with Crippen LogP contribution < -0.4 is 22.9 Å². The average molecular weight is 603 g/mol. The molecule has 0 heterocycles. The first-order valence-electron chi connectivity index (χ1n) is 13.5. The number of hydrogen-bond acceptors (Lipinski definition) is 13. The van der Waals surface area contributed by atoms with Crippen LogP contribution in [-0.2, 0) is 19.2 Å². The van der Waals surface area contributed by atoms with Gasteiger partial charge in [0, 0.05) is 11.1 Å². The maximum atomic E-state index is 14.5. The minimum Gasteiger partial charge on any atom is -0.507 e. The molecule has 44 heavy (non-hydrogen) atoms. The highest BCUT2D eigenvalue weighted by Crippen LogP contribution is 2.58. The van der Waals surface area contributed by atoms with Crippen LogP contribution in [0.2, 0.25) is 0 Å². The number of Topliss-reactive ketones (excluding diaryl/α,β-unsaturated/α-hetero) is 5. The Morgan fingerprint density at radius 2 is 1.59 bits per heavy atom. The molecule has 0 spiro atoms. The van der Waals surface area contributed by atoms with Crippen molar-refractivity contribution in [3.05, 3.63) is 53.1 Å². The molecule has 14 nitrogen and oxygen atoms in total. The Hall–Kier alpha value is -4.65. The summed E-state index contributed by atoms with van der Waals surface area (Å²) in [7, 11) is 2.62. The number of ketones is 5. The van der Waals surface area contributed by atoms with Gasteiger partial charge in [-0.1, -0.05) is 36.4 Å². The zero-order chi connectivity index (χ0) is 32.8. The molecule has 0 aromatic heterocycles. The fraction of sp³-hybridized carbons (Fsp3) is 0.367. The lowest BCUT2D eigenvalue weighted by Gasteiger charge is -2.64. The molecule has 8 atom stereocenters. The molecule has 3 aliphatic carbocycles. The molecule has 2 aromatic carbocycles. The number of rotatable bonds is 4. The molecule has 2 unspecified atom stereocenters. The number of benzene rings is 2. The number of aromatic hydroxyl groups is 1. The normalized spacial score (nSPS) is 34.6. The number of nitrogens with zero attached hydrogens (tertiary/aromatic N) is 2. The van der Waals surface area contributed by atoms with E-state index < -0.39 is 86.9 Å². The zero-order valence-corrected chi connectivity index (χ0v) is 23.9. The quantitative estimate of drug-likeness (QED) is 0.165. The fourth-order valence-corrected chi connectivity index (χ4v) is 7.37. The van der Waals surface area contributed by atoms with Gasteiger partial charge in [-0.2, -0.15) is 5.26 Å². The number of phenols is 1. The van der Waals surface area contributed by atoms with Gasteiger partial charge in [-0.15, -0.1) is 0 Å². The van der Waals surface area contributed by atoms with E-state index in [0.29, 0.717) is 11.1 Å². The maximum Gasteiger partial charge on any atom is 0.235 e. The number of primary amides is 1. The van der Waals surface area contributed by atoms with Crippen LogP contribution in [0.15, 0.2) is 36.4 Å². The Balaban J connectivity index is 1.78. The van der Waals surface area contributed by atoms with Gasteiger partial charge in [0.15, 0.2) is 40.2 Å². The van der Waals surface area contributed by atoms with Crippen LogP contribution >= 0.6 is 0 Å². The van der Waals surface area contributed by atoms with Crippen LogP contribution in [0.5, 0.6) is 5.75 Å². The van der Waals surface area contributed by atoms with Crippen molar-refractivity contribution in [1.82, 2.24) is 4.90 Å². The molecule has 2 fully saturated rings. The average Bonchev–Trinajstić information content (AvgIpc) is 2.94. The van der Waals surface area contributed by atoms with Crippen molar-refractivity contribution in [2.24, 2.45) is 40.2 Å². The van der Waals surface area contributed by atoms with Crippen molar-refractivity contribution in [2.75, 3.05) is 14.1 Å². The Bertz CT molecular complexity index is 1750. The van der Waals surface area contributed by atoms with E-state index in [1.54, 1.807) is 6.07 Å². The van der Waals surface area contributed by atoms with Crippen molar-refractivity contribution < 1.29 is 39.0 Å². The number of hydrogen-bond donors (Lipinski definition) is 6. The second kappa shape index (κ2) is 9.68. The third-order valence-electron chi connectivity index (χ3n) is 9.51. The minimum atomic E-state index is -3.15. The molecule has 228 valence electrons. The van der Waals surface area contributed by atoms with Gasteiger partial charge in [0.25, 0.3) is 0 Å². The molecule has 14 heteroatoms. The predicted molar refractivity (Wildman–Crippen MR) is 151 cm³/mol. The number of aliphatic hydroxyl groups is 1. The molecule has 5 rings (SSSR count). The maximum absolute atomic E-state index is 14.5. The Kier molecular flexibility index (Phi) is 6.77. The van der Waals surface area contributed by atoms with E-state index in [1.165, 1.54) is 57.4 Å². The summed E-state index contributed by atoms with van der Waals surface area (Å²) in [6, 6.07) is 7.01. The Labute approximate surface area is 250 Å². The smallest absolute Gasteiger partial charge is 0.235 e. The lowest BCUT2D eigenvalue weighted by Crippen LogP contribution is -2.92. The van der Waals surface area contributed by atoms with Crippen LogP contribution in [0.3, 0.4) is 0 Å². The van der Waals surface area contributed by atoms with Crippen molar-refractivity contribution in [2.45, 2.75) is 36.2 Å². The fourth-order valence-electron chi connectivity index (χ4n) is 7.37. The highest BCUT2D eigenvalue weighted by atomic mass is 16.3. The number of carbonyl (C=O) groups excluding carboxylic acids is 6. The van der Waals surface area contributed by atoms with E-state index in [4.69, 9.17) is 22.9 Å². The van der Waals surface area contributed by atoms with E-state index >= 15 is 0 Å². The molecule has 0 radical (unpaired) electrons. The summed E-state index contributed by atoms with van der Waals surface area (Å²) in [4.78, 5) is 81.3. The Morgan fingerprint density at radius 3 is 2.09 bits per heavy atom. The molecule has 0 aliphatic heterocycles.